The first-order chi connectivity index (χ1) is 11.6. The molecule has 2 aromatic rings. The number of rotatable bonds is 5. The third-order valence-electron chi connectivity index (χ3n) is 3.15. The van der Waals surface area contributed by atoms with Gasteiger partial charge in [0.2, 0.25) is 5.91 Å². The van der Waals surface area contributed by atoms with Crippen LogP contribution in [0.1, 0.15) is 5.56 Å². The summed E-state index contributed by atoms with van der Waals surface area (Å²) >= 11 is 6.09. The van der Waals surface area contributed by atoms with Crippen LogP contribution < -0.4 is 16.0 Å². The lowest BCUT2D eigenvalue weighted by Crippen LogP contribution is -2.41. The van der Waals surface area contributed by atoms with Crippen molar-refractivity contribution in [2.75, 3.05) is 18.9 Å². The number of guanidine groups is 1. The van der Waals surface area contributed by atoms with E-state index in [1.807, 2.05) is 18.2 Å². The second-order valence-electron chi connectivity index (χ2n) is 4.93. The molecular formula is C17H18ClFN4O. The van der Waals surface area contributed by atoms with Gasteiger partial charge in [-0.25, -0.2) is 4.39 Å². The lowest BCUT2D eigenvalue weighted by atomic mass is 10.2. The highest BCUT2D eigenvalue weighted by Gasteiger charge is 2.06. The summed E-state index contributed by atoms with van der Waals surface area (Å²) in [5, 5.41) is 9.21. The van der Waals surface area contributed by atoms with Gasteiger partial charge in [-0.15, -0.1) is 0 Å². The first kappa shape index (κ1) is 17.7. The fourth-order valence-corrected chi connectivity index (χ4v) is 2.18. The lowest BCUT2D eigenvalue weighted by molar-refractivity contribution is -0.115. The third-order valence-corrected chi connectivity index (χ3v) is 3.52. The van der Waals surface area contributed by atoms with Crippen molar-refractivity contribution in [3.05, 3.63) is 64.9 Å². The normalized spacial score (nSPS) is 11.0. The van der Waals surface area contributed by atoms with Gasteiger partial charge in [0.25, 0.3) is 0 Å². The average Bonchev–Trinajstić information content (AvgIpc) is 2.56. The van der Waals surface area contributed by atoms with Gasteiger partial charge in [-0.1, -0.05) is 35.9 Å². The van der Waals surface area contributed by atoms with Gasteiger partial charge in [0.05, 0.1) is 6.54 Å². The molecule has 0 aliphatic carbocycles. The summed E-state index contributed by atoms with van der Waals surface area (Å²) in [6.07, 6.45) is 0. The molecule has 0 saturated heterocycles. The number of nitrogens with zero attached hydrogens (tertiary/aromatic N) is 1. The molecule has 2 rings (SSSR count). The zero-order chi connectivity index (χ0) is 17.4. The smallest absolute Gasteiger partial charge is 0.243 e. The van der Waals surface area contributed by atoms with Crippen molar-refractivity contribution in [2.45, 2.75) is 6.54 Å². The molecule has 0 radical (unpaired) electrons. The largest absolute Gasteiger partial charge is 0.352 e. The molecule has 0 aliphatic rings. The van der Waals surface area contributed by atoms with Crippen LogP contribution >= 0.6 is 11.6 Å². The number of aliphatic imine (C=N–C) groups is 1. The van der Waals surface area contributed by atoms with Crippen molar-refractivity contribution in [3.8, 4) is 0 Å². The Balaban J connectivity index is 1.81. The van der Waals surface area contributed by atoms with Crippen molar-refractivity contribution in [1.29, 1.82) is 0 Å². The Morgan fingerprint density at radius 2 is 1.96 bits per heavy atom. The lowest BCUT2D eigenvalue weighted by Gasteiger charge is -2.12. The summed E-state index contributed by atoms with van der Waals surface area (Å²) < 4.78 is 13.1. The standard InChI is InChI=1S/C17H18ClFN4O/c1-20-17(21-10-12-5-2-3-8-15(12)18)22-11-16(24)23-14-7-4-6-13(19)9-14/h2-9H,10-11H2,1H3,(H,23,24)(H2,20,21,22). The van der Waals surface area contributed by atoms with Crippen molar-refractivity contribution in [1.82, 2.24) is 10.6 Å². The molecule has 0 bridgehead atoms. The predicted octanol–water partition coefficient (Wildman–Crippen LogP) is 2.78. The van der Waals surface area contributed by atoms with Crippen molar-refractivity contribution >= 4 is 29.2 Å². The molecule has 2 aromatic carbocycles. The van der Waals surface area contributed by atoms with E-state index >= 15 is 0 Å². The van der Waals surface area contributed by atoms with E-state index < -0.39 is 5.82 Å². The number of hydrogen-bond donors (Lipinski definition) is 3. The van der Waals surface area contributed by atoms with Gasteiger partial charge in [-0.3, -0.25) is 9.79 Å². The van der Waals surface area contributed by atoms with Crippen LogP contribution in [0.25, 0.3) is 0 Å². The Hall–Kier alpha value is -2.60. The highest BCUT2D eigenvalue weighted by atomic mass is 35.5. The molecule has 0 aliphatic heterocycles. The zero-order valence-electron chi connectivity index (χ0n) is 13.1. The maximum absolute atomic E-state index is 13.1. The number of hydrogen-bond acceptors (Lipinski definition) is 2. The van der Waals surface area contributed by atoms with Crippen LogP contribution in [0.2, 0.25) is 5.02 Å². The Labute approximate surface area is 144 Å². The molecule has 0 atom stereocenters. The van der Waals surface area contributed by atoms with Crippen LogP contribution in [-0.4, -0.2) is 25.5 Å². The summed E-state index contributed by atoms with van der Waals surface area (Å²) in [6.45, 7) is 0.476. The van der Waals surface area contributed by atoms with Crippen molar-refractivity contribution < 1.29 is 9.18 Å². The highest BCUT2D eigenvalue weighted by molar-refractivity contribution is 6.31. The van der Waals surface area contributed by atoms with E-state index in [1.54, 1.807) is 19.2 Å². The van der Waals surface area contributed by atoms with E-state index in [9.17, 15) is 9.18 Å². The maximum atomic E-state index is 13.1. The summed E-state index contributed by atoms with van der Waals surface area (Å²) in [4.78, 5) is 15.9. The molecule has 5 nitrogen and oxygen atoms in total. The third kappa shape index (κ3) is 5.55. The molecule has 0 spiro atoms. The van der Waals surface area contributed by atoms with Gasteiger partial charge in [0.1, 0.15) is 5.82 Å². The Kier molecular flexibility index (Phi) is 6.57. The molecule has 24 heavy (non-hydrogen) atoms. The first-order valence-electron chi connectivity index (χ1n) is 7.32. The number of halogens is 2. The van der Waals surface area contributed by atoms with E-state index in [4.69, 9.17) is 11.6 Å². The molecular weight excluding hydrogens is 331 g/mol. The van der Waals surface area contributed by atoms with Gasteiger partial charge in [0, 0.05) is 24.3 Å². The van der Waals surface area contributed by atoms with Crippen molar-refractivity contribution in [3.63, 3.8) is 0 Å². The second kappa shape index (κ2) is 8.88. The molecule has 7 heteroatoms. The molecule has 0 saturated carbocycles. The van der Waals surface area contributed by atoms with Crippen LogP contribution in [0.15, 0.2) is 53.5 Å². The van der Waals surface area contributed by atoms with Gasteiger partial charge in [-0.2, -0.15) is 0 Å². The number of amides is 1. The van der Waals surface area contributed by atoms with Crippen molar-refractivity contribution in [2.24, 2.45) is 4.99 Å². The van der Waals surface area contributed by atoms with E-state index in [0.717, 1.165) is 5.56 Å². The van der Waals surface area contributed by atoms with Gasteiger partial charge < -0.3 is 16.0 Å². The fourth-order valence-electron chi connectivity index (χ4n) is 1.98. The number of benzene rings is 2. The average molecular weight is 349 g/mol. The Morgan fingerprint density at radius 3 is 2.67 bits per heavy atom. The summed E-state index contributed by atoms with van der Waals surface area (Å²) in [7, 11) is 1.60. The molecule has 0 heterocycles. The van der Waals surface area contributed by atoms with E-state index in [-0.39, 0.29) is 12.5 Å². The highest BCUT2D eigenvalue weighted by Crippen LogP contribution is 2.14. The van der Waals surface area contributed by atoms with E-state index in [1.165, 1.54) is 18.2 Å². The minimum atomic E-state index is -0.405. The number of nitrogens with one attached hydrogen (secondary N) is 3. The molecule has 3 N–H and O–H groups in total. The zero-order valence-corrected chi connectivity index (χ0v) is 13.9. The van der Waals surface area contributed by atoms with Crippen LogP contribution in [0.5, 0.6) is 0 Å². The number of carbonyl (C=O) groups is 1. The quantitative estimate of drug-likeness (QED) is 0.575. The van der Waals surface area contributed by atoms with Crippen LogP contribution in [0, 0.1) is 5.82 Å². The van der Waals surface area contributed by atoms with Crippen LogP contribution in [0.3, 0.4) is 0 Å². The monoisotopic (exact) mass is 348 g/mol. The Bertz CT molecular complexity index is 736. The Morgan fingerprint density at radius 1 is 1.17 bits per heavy atom. The van der Waals surface area contributed by atoms with Gasteiger partial charge in [-0.05, 0) is 29.8 Å². The summed E-state index contributed by atoms with van der Waals surface area (Å²) in [5.74, 6) is -0.247. The molecule has 126 valence electrons. The first-order valence-corrected chi connectivity index (χ1v) is 7.69. The molecule has 0 aromatic heterocycles. The fraction of sp³-hybridized carbons (Fsp3) is 0.176. The predicted molar refractivity (Wildman–Crippen MR) is 94.7 cm³/mol. The number of anilines is 1. The molecule has 1 amide bonds. The number of carbonyl (C=O) groups excluding carboxylic acids is 1. The summed E-state index contributed by atoms with van der Waals surface area (Å²) in [6, 6.07) is 13.2. The minimum absolute atomic E-state index is 0.00128. The topological polar surface area (TPSA) is 65.5 Å². The van der Waals surface area contributed by atoms with Crippen LogP contribution in [-0.2, 0) is 11.3 Å². The second-order valence-corrected chi connectivity index (χ2v) is 5.34. The van der Waals surface area contributed by atoms with E-state index in [2.05, 4.69) is 20.9 Å². The van der Waals surface area contributed by atoms with Gasteiger partial charge in [0.15, 0.2) is 5.96 Å². The molecule has 0 fully saturated rings. The molecule has 0 unspecified atom stereocenters. The maximum Gasteiger partial charge on any atom is 0.243 e. The van der Waals surface area contributed by atoms with Gasteiger partial charge >= 0.3 is 0 Å². The SMILES string of the molecule is CN=C(NCC(=O)Nc1cccc(F)c1)NCc1ccccc1Cl. The summed E-state index contributed by atoms with van der Waals surface area (Å²) in [5.41, 5.74) is 1.33. The van der Waals surface area contributed by atoms with E-state index in [0.29, 0.717) is 23.2 Å². The minimum Gasteiger partial charge on any atom is -0.352 e. The van der Waals surface area contributed by atoms with Crippen LogP contribution in [0.4, 0.5) is 10.1 Å².